The summed E-state index contributed by atoms with van der Waals surface area (Å²) in [4.78, 5) is 21.9. The Morgan fingerprint density at radius 1 is 0.850 bits per heavy atom. The number of ether oxygens (including phenoxy) is 1. The number of quaternary nitrogens is 1. The van der Waals surface area contributed by atoms with Gasteiger partial charge < -0.3 is 18.9 Å². The van der Waals surface area contributed by atoms with E-state index in [2.05, 4.69) is 27.9 Å². The van der Waals surface area contributed by atoms with Gasteiger partial charge in [0, 0.05) is 6.42 Å². The third-order valence-corrected chi connectivity index (χ3v) is 8.52. The molecule has 0 aromatic heterocycles. The van der Waals surface area contributed by atoms with E-state index in [9.17, 15) is 14.3 Å². The van der Waals surface area contributed by atoms with Crippen LogP contribution in [0.2, 0.25) is 0 Å². The van der Waals surface area contributed by atoms with E-state index in [1.807, 2.05) is 24.3 Å². The topological polar surface area (TPSA) is 82.1 Å². The molecule has 1 aromatic carbocycles. The van der Waals surface area contributed by atoms with E-state index in [1.54, 1.807) is 0 Å². The Morgan fingerprint density at radius 3 is 2.00 bits per heavy atom. The zero-order chi connectivity index (χ0) is 29.7. The van der Waals surface area contributed by atoms with E-state index in [-0.39, 0.29) is 31.3 Å². The van der Waals surface area contributed by atoms with E-state index >= 15 is 0 Å². The number of hydrogen-bond donors (Lipinski definition) is 1. The molecule has 0 aliphatic heterocycles. The smallest absolute Gasteiger partial charge is 0.472 e. The first-order valence-electron chi connectivity index (χ1n) is 15.7. The molecule has 7 nitrogen and oxygen atoms in total. The Kier molecular flexibility index (Phi) is 19.7. The van der Waals surface area contributed by atoms with E-state index < -0.39 is 7.82 Å². The van der Waals surface area contributed by atoms with Crippen LogP contribution in [0.3, 0.4) is 0 Å². The fourth-order valence-corrected chi connectivity index (χ4v) is 5.48. The summed E-state index contributed by atoms with van der Waals surface area (Å²) in [6.07, 6.45) is 15.5. The van der Waals surface area contributed by atoms with Crippen molar-refractivity contribution in [3.63, 3.8) is 0 Å². The van der Waals surface area contributed by atoms with Gasteiger partial charge in [-0.25, -0.2) is 4.57 Å². The largest absolute Gasteiger partial charge is 0.494 e. The van der Waals surface area contributed by atoms with Crippen LogP contribution in [0.25, 0.3) is 0 Å². The summed E-state index contributed by atoms with van der Waals surface area (Å²) < 4.78 is 29.6. The summed E-state index contributed by atoms with van der Waals surface area (Å²) >= 11 is 0. The molecule has 1 aromatic rings. The molecule has 232 valence electrons. The Hall–Kier alpha value is -1.24. The average Bonchev–Trinajstić information content (AvgIpc) is 2.91. The lowest BCUT2D eigenvalue weighted by Crippen LogP contribution is -2.39. The molecule has 1 N–H and O–H groups in total. The average molecular weight is 585 g/mol. The van der Waals surface area contributed by atoms with Gasteiger partial charge in [0.15, 0.2) is 0 Å². The zero-order valence-electron chi connectivity index (χ0n) is 26.2. The van der Waals surface area contributed by atoms with Crippen molar-refractivity contribution < 1.29 is 32.5 Å². The second-order valence-corrected chi connectivity index (χ2v) is 13.4. The van der Waals surface area contributed by atoms with Crippen molar-refractivity contribution in [1.82, 2.24) is 0 Å². The maximum absolute atomic E-state index is 12.4. The molecule has 0 heterocycles. The van der Waals surface area contributed by atoms with Gasteiger partial charge in [0.1, 0.15) is 11.5 Å². The standard InChI is InChI=1S/C32H58NO6P/c1-6-8-9-10-11-12-13-14-15-17-24-37-32-21-19-30(20-22-32)27-31(26-29(3)34)28-39-40(35,36)38-25-18-16-23-33(4,5)7-2/h19-22,31H,6-18,23-28H2,1-5H3/p+1. The molecular formula is C32H59NO6P+. The van der Waals surface area contributed by atoms with Gasteiger partial charge in [0.05, 0.1) is 47.0 Å². The number of carbonyl (C=O) groups excluding carboxylic acids is 1. The molecule has 1 rings (SSSR count). The monoisotopic (exact) mass is 584 g/mol. The summed E-state index contributed by atoms with van der Waals surface area (Å²) in [5, 5.41) is 0. The van der Waals surface area contributed by atoms with E-state index in [4.69, 9.17) is 13.8 Å². The molecule has 0 bridgehead atoms. The van der Waals surface area contributed by atoms with Crippen molar-refractivity contribution in [2.75, 3.05) is 47.0 Å². The SMILES string of the molecule is CCCCCCCCCCCCOc1ccc(CC(COP(=O)(O)OCCCC[N+](C)(C)CC)CC(C)=O)cc1. The normalized spacial score (nSPS) is 14.2. The van der Waals surface area contributed by atoms with Crippen LogP contribution in [0.4, 0.5) is 0 Å². The van der Waals surface area contributed by atoms with Gasteiger partial charge >= 0.3 is 7.82 Å². The Balaban J connectivity index is 2.33. The third-order valence-electron chi connectivity index (χ3n) is 7.53. The molecule has 0 fully saturated rings. The van der Waals surface area contributed by atoms with E-state index in [1.165, 1.54) is 64.7 Å². The van der Waals surface area contributed by atoms with Crippen LogP contribution in [-0.4, -0.2) is 62.2 Å². The molecule has 0 aliphatic carbocycles. The van der Waals surface area contributed by atoms with Crippen LogP contribution in [0.15, 0.2) is 24.3 Å². The summed E-state index contributed by atoms with van der Waals surface area (Å²) in [6, 6.07) is 7.89. The minimum absolute atomic E-state index is 0.00982. The maximum atomic E-state index is 12.4. The molecule has 0 aliphatic rings. The highest BCUT2D eigenvalue weighted by atomic mass is 31.2. The molecule has 0 amide bonds. The van der Waals surface area contributed by atoms with Crippen molar-refractivity contribution in [1.29, 1.82) is 0 Å². The van der Waals surface area contributed by atoms with Crippen LogP contribution < -0.4 is 4.74 Å². The lowest BCUT2D eigenvalue weighted by atomic mass is 9.95. The highest BCUT2D eigenvalue weighted by molar-refractivity contribution is 7.47. The molecule has 40 heavy (non-hydrogen) atoms. The minimum Gasteiger partial charge on any atom is -0.494 e. The number of rotatable bonds is 26. The maximum Gasteiger partial charge on any atom is 0.472 e. The Morgan fingerprint density at radius 2 is 1.43 bits per heavy atom. The first-order chi connectivity index (χ1) is 19.1. The zero-order valence-corrected chi connectivity index (χ0v) is 27.1. The van der Waals surface area contributed by atoms with E-state index in [0.29, 0.717) is 12.8 Å². The minimum atomic E-state index is -4.16. The van der Waals surface area contributed by atoms with Gasteiger partial charge in [0.25, 0.3) is 0 Å². The van der Waals surface area contributed by atoms with Gasteiger partial charge in [-0.3, -0.25) is 9.05 Å². The summed E-state index contributed by atoms with van der Waals surface area (Å²) in [5.41, 5.74) is 1.03. The van der Waals surface area contributed by atoms with Gasteiger partial charge in [-0.15, -0.1) is 0 Å². The molecule has 0 saturated carbocycles. The molecule has 8 heteroatoms. The Bertz CT molecular complexity index is 829. The number of unbranched alkanes of at least 4 members (excludes halogenated alkanes) is 10. The van der Waals surface area contributed by atoms with Crippen LogP contribution in [0.5, 0.6) is 5.75 Å². The van der Waals surface area contributed by atoms with Crippen LogP contribution in [0, 0.1) is 5.92 Å². The van der Waals surface area contributed by atoms with Gasteiger partial charge in [-0.2, -0.15) is 0 Å². The number of phosphoric acid groups is 1. The number of Topliss-reactive ketones (excluding diaryl/α,β-unsaturated/α-hetero) is 1. The second kappa shape index (κ2) is 21.5. The third kappa shape index (κ3) is 19.8. The van der Waals surface area contributed by atoms with Gasteiger partial charge in [0.2, 0.25) is 0 Å². The predicted molar refractivity (Wildman–Crippen MR) is 165 cm³/mol. The molecule has 0 saturated heterocycles. The second-order valence-electron chi connectivity index (χ2n) is 11.9. The quantitative estimate of drug-likeness (QED) is 0.0672. The van der Waals surface area contributed by atoms with Gasteiger partial charge in [-0.05, 0) is 63.1 Å². The molecule has 2 unspecified atom stereocenters. The lowest BCUT2D eigenvalue weighted by Gasteiger charge is -2.28. The van der Waals surface area contributed by atoms with E-state index in [0.717, 1.165) is 48.3 Å². The van der Waals surface area contributed by atoms with Crippen LogP contribution in [0.1, 0.15) is 110 Å². The van der Waals surface area contributed by atoms with Crippen molar-refractivity contribution in [3.8, 4) is 5.75 Å². The molecule has 2 atom stereocenters. The predicted octanol–water partition coefficient (Wildman–Crippen LogP) is 8.13. The number of benzene rings is 1. The molecule has 0 spiro atoms. The lowest BCUT2D eigenvalue weighted by molar-refractivity contribution is -0.888. The van der Waals surface area contributed by atoms with Crippen LogP contribution in [-0.2, 0) is 24.8 Å². The molecular weight excluding hydrogens is 525 g/mol. The van der Waals surface area contributed by atoms with Crippen LogP contribution >= 0.6 is 7.82 Å². The fourth-order valence-electron chi connectivity index (χ4n) is 4.65. The Labute approximate surface area is 245 Å². The molecule has 0 radical (unpaired) electrons. The number of ketones is 1. The summed E-state index contributed by atoms with van der Waals surface area (Å²) in [7, 11) is 0.168. The number of carbonyl (C=O) groups is 1. The fraction of sp³-hybridized carbons (Fsp3) is 0.781. The van der Waals surface area contributed by atoms with Crippen molar-refractivity contribution >= 4 is 13.6 Å². The summed E-state index contributed by atoms with van der Waals surface area (Å²) in [5.74, 6) is 0.659. The number of phosphoric ester groups is 1. The first kappa shape index (κ1) is 36.8. The number of hydrogen-bond acceptors (Lipinski definition) is 5. The highest BCUT2D eigenvalue weighted by Crippen LogP contribution is 2.44. The van der Waals surface area contributed by atoms with Crippen molar-refractivity contribution in [2.24, 2.45) is 5.92 Å². The summed E-state index contributed by atoms with van der Waals surface area (Å²) in [6.45, 7) is 8.84. The first-order valence-corrected chi connectivity index (χ1v) is 17.2. The number of nitrogens with zero attached hydrogens (tertiary/aromatic N) is 1. The van der Waals surface area contributed by atoms with Crippen molar-refractivity contribution in [2.45, 2.75) is 111 Å². The highest BCUT2D eigenvalue weighted by Gasteiger charge is 2.24. The van der Waals surface area contributed by atoms with Gasteiger partial charge in [-0.1, -0.05) is 76.8 Å². The van der Waals surface area contributed by atoms with Crippen molar-refractivity contribution in [3.05, 3.63) is 29.8 Å².